The summed E-state index contributed by atoms with van der Waals surface area (Å²) < 4.78 is 1.52. The zero-order valence-electron chi connectivity index (χ0n) is 7.44. The van der Waals surface area contributed by atoms with Gasteiger partial charge in [-0.3, -0.25) is 4.68 Å². The van der Waals surface area contributed by atoms with Crippen LogP contribution < -0.4 is 5.84 Å². The van der Waals surface area contributed by atoms with E-state index in [1.807, 2.05) is 25.1 Å². The molecular formula is C10H11N3. The van der Waals surface area contributed by atoms with Crippen molar-refractivity contribution in [3.8, 4) is 11.4 Å². The van der Waals surface area contributed by atoms with Crippen molar-refractivity contribution in [3.05, 3.63) is 42.2 Å². The maximum Gasteiger partial charge on any atom is 0.158 e. The molecule has 2 N–H and O–H groups in total. The van der Waals surface area contributed by atoms with Crippen LogP contribution in [0, 0.1) is 6.92 Å². The second kappa shape index (κ2) is 2.94. The van der Waals surface area contributed by atoms with Crippen molar-refractivity contribution < 1.29 is 0 Å². The summed E-state index contributed by atoms with van der Waals surface area (Å²) in [6, 6.07) is 8.11. The highest BCUT2D eigenvalue weighted by Crippen LogP contribution is 2.16. The summed E-state index contributed by atoms with van der Waals surface area (Å²) in [4.78, 5) is 4.17. The lowest BCUT2D eigenvalue weighted by atomic mass is 10.1. The van der Waals surface area contributed by atoms with Crippen LogP contribution in [0.3, 0.4) is 0 Å². The number of benzene rings is 1. The van der Waals surface area contributed by atoms with Crippen LogP contribution in [0.5, 0.6) is 0 Å². The molecule has 0 aliphatic rings. The Morgan fingerprint density at radius 3 is 2.85 bits per heavy atom. The van der Waals surface area contributed by atoms with E-state index in [9.17, 15) is 0 Å². The minimum atomic E-state index is 0.795. The van der Waals surface area contributed by atoms with Crippen LogP contribution in [0.25, 0.3) is 11.4 Å². The Bertz CT molecular complexity index is 418. The summed E-state index contributed by atoms with van der Waals surface area (Å²) in [5.74, 6) is 6.47. The largest absolute Gasteiger partial charge is 0.338 e. The Hall–Kier alpha value is -1.77. The highest BCUT2D eigenvalue weighted by atomic mass is 15.3. The smallest absolute Gasteiger partial charge is 0.158 e. The van der Waals surface area contributed by atoms with Gasteiger partial charge in [0, 0.05) is 18.0 Å². The van der Waals surface area contributed by atoms with Gasteiger partial charge in [0.05, 0.1) is 0 Å². The van der Waals surface area contributed by atoms with E-state index in [4.69, 9.17) is 5.84 Å². The third-order valence-corrected chi connectivity index (χ3v) is 1.94. The van der Waals surface area contributed by atoms with E-state index in [1.54, 1.807) is 12.4 Å². The van der Waals surface area contributed by atoms with Crippen LogP contribution in [0.1, 0.15) is 5.56 Å². The highest BCUT2D eigenvalue weighted by Gasteiger charge is 2.02. The lowest BCUT2D eigenvalue weighted by molar-refractivity contribution is 1.01. The molecule has 0 bridgehead atoms. The zero-order valence-corrected chi connectivity index (χ0v) is 7.44. The molecule has 0 aliphatic carbocycles. The first-order valence-electron chi connectivity index (χ1n) is 4.13. The van der Waals surface area contributed by atoms with Crippen LogP contribution in [0.4, 0.5) is 0 Å². The summed E-state index contributed by atoms with van der Waals surface area (Å²) in [6.07, 6.45) is 3.43. The van der Waals surface area contributed by atoms with Crippen molar-refractivity contribution >= 4 is 0 Å². The SMILES string of the molecule is Cc1cccc(-c2nccn2N)c1. The van der Waals surface area contributed by atoms with Gasteiger partial charge in [-0.1, -0.05) is 23.8 Å². The fraction of sp³-hybridized carbons (Fsp3) is 0.100. The zero-order chi connectivity index (χ0) is 9.26. The van der Waals surface area contributed by atoms with E-state index in [1.165, 1.54) is 10.2 Å². The topological polar surface area (TPSA) is 43.8 Å². The number of nitrogens with two attached hydrogens (primary N) is 1. The monoisotopic (exact) mass is 173 g/mol. The molecule has 3 heteroatoms. The molecule has 0 saturated carbocycles. The van der Waals surface area contributed by atoms with Gasteiger partial charge >= 0.3 is 0 Å². The molecule has 0 saturated heterocycles. The minimum absolute atomic E-state index is 0.795. The third-order valence-electron chi connectivity index (χ3n) is 1.94. The van der Waals surface area contributed by atoms with Gasteiger partial charge in [0.1, 0.15) is 0 Å². The summed E-state index contributed by atoms with van der Waals surface area (Å²) >= 11 is 0. The van der Waals surface area contributed by atoms with E-state index in [0.29, 0.717) is 0 Å². The second-order valence-corrected chi connectivity index (χ2v) is 3.03. The Balaban J connectivity index is 2.53. The molecule has 2 aromatic rings. The quantitative estimate of drug-likeness (QED) is 0.665. The first kappa shape index (κ1) is 7.86. The average Bonchev–Trinajstić information content (AvgIpc) is 2.51. The van der Waals surface area contributed by atoms with Gasteiger partial charge in [0.15, 0.2) is 5.82 Å². The summed E-state index contributed by atoms with van der Waals surface area (Å²) in [5, 5.41) is 0. The van der Waals surface area contributed by atoms with Gasteiger partial charge in [0.2, 0.25) is 0 Å². The number of rotatable bonds is 1. The fourth-order valence-electron chi connectivity index (χ4n) is 1.32. The molecule has 0 spiro atoms. The van der Waals surface area contributed by atoms with Gasteiger partial charge in [0.25, 0.3) is 0 Å². The molecule has 13 heavy (non-hydrogen) atoms. The third kappa shape index (κ3) is 1.40. The average molecular weight is 173 g/mol. The van der Waals surface area contributed by atoms with Crippen LogP contribution in [0.15, 0.2) is 36.7 Å². The number of aromatic nitrogens is 2. The van der Waals surface area contributed by atoms with Gasteiger partial charge in [-0.25, -0.2) is 4.98 Å². The molecule has 0 amide bonds. The van der Waals surface area contributed by atoms with Gasteiger partial charge in [-0.2, -0.15) is 0 Å². The number of aryl methyl sites for hydroxylation is 1. The standard InChI is InChI=1S/C10H11N3/c1-8-3-2-4-9(7-8)10-12-5-6-13(10)11/h2-7H,11H2,1H3. The first-order chi connectivity index (χ1) is 6.27. The molecule has 1 heterocycles. The molecule has 0 fully saturated rings. The summed E-state index contributed by atoms with van der Waals surface area (Å²) in [7, 11) is 0. The maximum atomic E-state index is 5.68. The van der Waals surface area contributed by atoms with E-state index in [2.05, 4.69) is 11.1 Å². The lowest BCUT2D eigenvalue weighted by Gasteiger charge is -2.01. The number of hydrogen-bond donors (Lipinski definition) is 1. The van der Waals surface area contributed by atoms with Crippen molar-refractivity contribution in [3.63, 3.8) is 0 Å². The maximum absolute atomic E-state index is 5.68. The van der Waals surface area contributed by atoms with Crippen molar-refractivity contribution in [2.75, 3.05) is 5.84 Å². The number of hydrogen-bond acceptors (Lipinski definition) is 2. The predicted octanol–water partition coefficient (Wildman–Crippen LogP) is 1.57. The van der Waals surface area contributed by atoms with Gasteiger partial charge in [-0.05, 0) is 13.0 Å². The van der Waals surface area contributed by atoms with Gasteiger partial charge < -0.3 is 5.84 Å². The molecular weight excluding hydrogens is 162 g/mol. The Morgan fingerprint density at radius 2 is 2.23 bits per heavy atom. The van der Waals surface area contributed by atoms with Gasteiger partial charge in [-0.15, -0.1) is 0 Å². The number of nitrogens with zero attached hydrogens (tertiary/aromatic N) is 2. The Labute approximate surface area is 76.8 Å². The molecule has 1 aromatic carbocycles. The Morgan fingerprint density at radius 1 is 1.38 bits per heavy atom. The normalized spacial score (nSPS) is 10.2. The fourth-order valence-corrected chi connectivity index (χ4v) is 1.32. The molecule has 0 radical (unpaired) electrons. The summed E-state index contributed by atoms with van der Waals surface area (Å²) in [6.45, 7) is 2.05. The van der Waals surface area contributed by atoms with E-state index < -0.39 is 0 Å². The van der Waals surface area contributed by atoms with E-state index in [0.717, 1.165) is 11.4 Å². The van der Waals surface area contributed by atoms with Crippen molar-refractivity contribution in [2.45, 2.75) is 6.92 Å². The van der Waals surface area contributed by atoms with Crippen LogP contribution in [0.2, 0.25) is 0 Å². The second-order valence-electron chi connectivity index (χ2n) is 3.03. The first-order valence-corrected chi connectivity index (χ1v) is 4.13. The van der Waals surface area contributed by atoms with E-state index >= 15 is 0 Å². The molecule has 0 aliphatic heterocycles. The van der Waals surface area contributed by atoms with Crippen molar-refractivity contribution in [1.82, 2.24) is 9.66 Å². The van der Waals surface area contributed by atoms with Crippen molar-refractivity contribution in [1.29, 1.82) is 0 Å². The molecule has 1 aromatic heterocycles. The molecule has 0 unspecified atom stereocenters. The predicted molar refractivity (Wildman–Crippen MR) is 52.6 cm³/mol. The molecule has 3 nitrogen and oxygen atoms in total. The molecule has 2 rings (SSSR count). The Kier molecular flexibility index (Phi) is 1.77. The van der Waals surface area contributed by atoms with Crippen LogP contribution >= 0.6 is 0 Å². The van der Waals surface area contributed by atoms with Crippen LogP contribution in [-0.2, 0) is 0 Å². The number of nitrogen functional groups attached to an aromatic ring is 1. The minimum Gasteiger partial charge on any atom is -0.338 e. The molecule has 66 valence electrons. The molecule has 0 atom stereocenters. The van der Waals surface area contributed by atoms with Crippen molar-refractivity contribution in [2.24, 2.45) is 0 Å². The highest BCUT2D eigenvalue weighted by molar-refractivity contribution is 5.56. The van der Waals surface area contributed by atoms with Crippen LogP contribution in [-0.4, -0.2) is 9.66 Å². The number of imidazole rings is 1. The summed E-state index contributed by atoms with van der Waals surface area (Å²) in [5.41, 5.74) is 2.26. The lowest BCUT2D eigenvalue weighted by Crippen LogP contribution is -2.08. The van der Waals surface area contributed by atoms with E-state index in [-0.39, 0.29) is 0 Å².